The first-order chi connectivity index (χ1) is 9.29. The number of para-hydroxylation sites is 1. The molecule has 0 heterocycles. The van der Waals surface area contributed by atoms with Crippen LogP contribution >= 0.6 is 0 Å². The molecule has 0 bridgehead atoms. The van der Waals surface area contributed by atoms with Gasteiger partial charge >= 0.3 is 0 Å². The fourth-order valence-corrected chi connectivity index (χ4v) is 1.52. The van der Waals surface area contributed by atoms with Gasteiger partial charge in [-0.15, -0.1) is 0 Å². The van der Waals surface area contributed by atoms with Gasteiger partial charge in [-0.2, -0.15) is 0 Å². The number of nitrogens with zero attached hydrogens (tertiary/aromatic N) is 1. The van der Waals surface area contributed by atoms with Crippen molar-refractivity contribution in [2.24, 2.45) is 0 Å². The lowest BCUT2D eigenvalue weighted by Crippen LogP contribution is -2.24. The Morgan fingerprint density at radius 3 is 2.53 bits per heavy atom. The Morgan fingerprint density at radius 2 is 1.79 bits per heavy atom. The van der Waals surface area contributed by atoms with E-state index in [0.717, 1.165) is 51.6 Å². The lowest BCUT2D eigenvalue weighted by molar-refractivity contribution is 0.119. The minimum Gasteiger partial charge on any atom is -0.494 e. The van der Waals surface area contributed by atoms with Crippen molar-refractivity contribution in [2.75, 3.05) is 53.6 Å². The Kier molecular flexibility index (Phi) is 9.06. The summed E-state index contributed by atoms with van der Waals surface area (Å²) in [4.78, 5) is 2.12. The lowest BCUT2D eigenvalue weighted by atomic mass is 10.3. The van der Waals surface area contributed by atoms with Crippen LogP contribution in [0.2, 0.25) is 0 Å². The average Bonchev–Trinajstić information content (AvgIpc) is 2.42. The number of hydrogen-bond donors (Lipinski definition) is 1. The Bertz CT molecular complexity index is 304. The van der Waals surface area contributed by atoms with Crippen LogP contribution in [0.15, 0.2) is 30.3 Å². The van der Waals surface area contributed by atoms with Gasteiger partial charge in [-0.1, -0.05) is 18.2 Å². The summed E-state index contributed by atoms with van der Waals surface area (Å²) >= 11 is 0. The second-order valence-corrected chi connectivity index (χ2v) is 4.68. The maximum absolute atomic E-state index is 5.60. The summed E-state index contributed by atoms with van der Waals surface area (Å²) in [5.74, 6) is 0.939. The standard InChI is InChI=1S/C15H26N2O2/c1-17(2)11-14-18-13-10-16-9-6-12-19-15-7-4-3-5-8-15/h3-5,7-8,16H,6,9-14H2,1-2H3. The van der Waals surface area contributed by atoms with Gasteiger partial charge < -0.3 is 19.7 Å². The van der Waals surface area contributed by atoms with E-state index in [2.05, 4.69) is 10.2 Å². The van der Waals surface area contributed by atoms with Gasteiger partial charge in [0.2, 0.25) is 0 Å². The monoisotopic (exact) mass is 266 g/mol. The molecule has 0 aliphatic heterocycles. The number of rotatable bonds is 11. The van der Waals surface area contributed by atoms with Crippen LogP contribution in [0.3, 0.4) is 0 Å². The maximum Gasteiger partial charge on any atom is 0.119 e. The largest absolute Gasteiger partial charge is 0.494 e. The van der Waals surface area contributed by atoms with Crippen molar-refractivity contribution in [2.45, 2.75) is 6.42 Å². The highest BCUT2D eigenvalue weighted by molar-refractivity contribution is 5.20. The van der Waals surface area contributed by atoms with Gasteiger partial charge in [0.25, 0.3) is 0 Å². The molecule has 1 rings (SSSR count). The SMILES string of the molecule is CN(C)CCOCCNCCCOc1ccccc1. The third-order valence-electron chi connectivity index (χ3n) is 2.62. The zero-order valence-corrected chi connectivity index (χ0v) is 12.1. The van der Waals surface area contributed by atoms with Crippen molar-refractivity contribution in [1.29, 1.82) is 0 Å². The second-order valence-electron chi connectivity index (χ2n) is 4.68. The average molecular weight is 266 g/mol. The molecule has 4 nitrogen and oxygen atoms in total. The fraction of sp³-hybridized carbons (Fsp3) is 0.600. The molecule has 0 radical (unpaired) electrons. The number of ether oxygens (including phenoxy) is 2. The van der Waals surface area contributed by atoms with Gasteiger partial charge in [0, 0.05) is 13.1 Å². The fourth-order valence-electron chi connectivity index (χ4n) is 1.52. The van der Waals surface area contributed by atoms with Crippen LogP contribution in [-0.2, 0) is 4.74 Å². The van der Waals surface area contributed by atoms with Crippen LogP contribution in [0.4, 0.5) is 0 Å². The molecule has 108 valence electrons. The Morgan fingerprint density at radius 1 is 1.00 bits per heavy atom. The van der Waals surface area contributed by atoms with Gasteiger partial charge in [0.05, 0.1) is 19.8 Å². The minimum absolute atomic E-state index is 0.749. The van der Waals surface area contributed by atoms with Gasteiger partial charge in [0.15, 0.2) is 0 Å². The summed E-state index contributed by atoms with van der Waals surface area (Å²) < 4.78 is 11.1. The second kappa shape index (κ2) is 10.8. The third kappa shape index (κ3) is 9.47. The zero-order chi connectivity index (χ0) is 13.8. The number of hydrogen-bond acceptors (Lipinski definition) is 4. The van der Waals surface area contributed by atoms with Crippen molar-refractivity contribution >= 4 is 0 Å². The molecule has 0 saturated carbocycles. The summed E-state index contributed by atoms with van der Waals surface area (Å²) in [5.41, 5.74) is 0. The zero-order valence-electron chi connectivity index (χ0n) is 12.1. The molecule has 19 heavy (non-hydrogen) atoms. The van der Waals surface area contributed by atoms with Crippen molar-refractivity contribution in [3.05, 3.63) is 30.3 Å². The van der Waals surface area contributed by atoms with E-state index in [4.69, 9.17) is 9.47 Å². The van der Waals surface area contributed by atoms with E-state index in [1.54, 1.807) is 0 Å². The molecule has 0 aliphatic carbocycles. The van der Waals surface area contributed by atoms with Crippen LogP contribution in [0.5, 0.6) is 5.75 Å². The van der Waals surface area contributed by atoms with Crippen LogP contribution in [0.25, 0.3) is 0 Å². The van der Waals surface area contributed by atoms with Crippen molar-refractivity contribution in [1.82, 2.24) is 10.2 Å². The van der Waals surface area contributed by atoms with Crippen molar-refractivity contribution in [3.63, 3.8) is 0 Å². The van der Waals surface area contributed by atoms with Gasteiger partial charge in [-0.25, -0.2) is 0 Å². The molecule has 0 spiro atoms. The summed E-state index contributed by atoms with van der Waals surface area (Å²) in [6.07, 6.45) is 1.01. The highest BCUT2D eigenvalue weighted by Crippen LogP contribution is 2.07. The molecule has 0 aliphatic rings. The van der Waals surface area contributed by atoms with Gasteiger partial charge in [-0.05, 0) is 39.2 Å². The van der Waals surface area contributed by atoms with E-state index in [1.165, 1.54) is 0 Å². The molecule has 0 atom stereocenters. The van der Waals surface area contributed by atoms with E-state index in [1.807, 2.05) is 44.4 Å². The normalized spacial score (nSPS) is 10.9. The van der Waals surface area contributed by atoms with Crippen LogP contribution < -0.4 is 10.1 Å². The summed E-state index contributed by atoms with van der Waals surface area (Å²) in [6, 6.07) is 9.92. The van der Waals surface area contributed by atoms with Crippen LogP contribution in [0.1, 0.15) is 6.42 Å². The summed E-state index contributed by atoms with van der Waals surface area (Å²) in [5, 5.41) is 3.34. The Labute approximate surface area is 116 Å². The van der Waals surface area contributed by atoms with E-state index < -0.39 is 0 Å². The highest BCUT2D eigenvalue weighted by Gasteiger charge is 1.93. The Hall–Kier alpha value is -1.10. The van der Waals surface area contributed by atoms with E-state index in [0.29, 0.717) is 0 Å². The molecule has 0 amide bonds. The Balaban J connectivity index is 1.81. The van der Waals surface area contributed by atoms with Crippen LogP contribution in [0, 0.1) is 0 Å². The molecule has 4 heteroatoms. The van der Waals surface area contributed by atoms with Crippen molar-refractivity contribution in [3.8, 4) is 5.75 Å². The molecule has 0 fully saturated rings. The quantitative estimate of drug-likeness (QED) is 0.617. The molecule has 0 aromatic heterocycles. The summed E-state index contributed by atoms with van der Waals surface area (Å²) in [6.45, 7) is 5.16. The van der Waals surface area contributed by atoms with Gasteiger partial charge in [0.1, 0.15) is 5.75 Å². The predicted molar refractivity (Wildman–Crippen MR) is 78.8 cm³/mol. The van der Waals surface area contributed by atoms with E-state index in [9.17, 15) is 0 Å². The molecular weight excluding hydrogens is 240 g/mol. The first kappa shape index (κ1) is 16.0. The predicted octanol–water partition coefficient (Wildman–Crippen LogP) is 1.62. The number of likely N-dealkylation sites (N-methyl/N-ethyl adjacent to an activating group) is 1. The lowest BCUT2D eigenvalue weighted by Gasteiger charge is -2.10. The molecule has 1 aromatic carbocycles. The van der Waals surface area contributed by atoms with E-state index in [-0.39, 0.29) is 0 Å². The minimum atomic E-state index is 0.749. The van der Waals surface area contributed by atoms with Gasteiger partial charge in [-0.3, -0.25) is 0 Å². The molecule has 1 aromatic rings. The maximum atomic E-state index is 5.60. The first-order valence-corrected chi connectivity index (χ1v) is 6.90. The first-order valence-electron chi connectivity index (χ1n) is 6.90. The topological polar surface area (TPSA) is 33.7 Å². The highest BCUT2D eigenvalue weighted by atomic mass is 16.5. The molecule has 0 saturated heterocycles. The smallest absolute Gasteiger partial charge is 0.119 e. The third-order valence-corrected chi connectivity index (χ3v) is 2.62. The summed E-state index contributed by atoms with van der Waals surface area (Å²) in [7, 11) is 4.10. The number of nitrogens with one attached hydrogen (secondary N) is 1. The van der Waals surface area contributed by atoms with Crippen LogP contribution in [-0.4, -0.2) is 58.5 Å². The molecule has 1 N–H and O–H groups in total. The number of benzene rings is 1. The molecule has 0 unspecified atom stereocenters. The van der Waals surface area contributed by atoms with Crippen molar-refractivity contribution < 1.29 is 9.47 Å². The van der Waals surface area contributed by atoms with E-state index >= 15 is 0 Å². The molecular formula is C15H26N2O2.